The molecule has 0 atom stereocenters. The predicted molar refractivity (Wildman–Crippen MR) is 94.7 cm³/mol. The minimum Gasteiger partial charge on any atom is -0.425 e. The van der Waals surface area contributed by atoms with Crippen molar-refractivity contribution in [3.63, 3.8) is 0 Å². The van der Waals surface area contributed by atoms with Crippen molar-refractivity contribution in [1.29, 1.82) is 0 Å². The smallest absolute Gasteiger partial charge is 0.416 e. The van der Waals surface area contributed by atoms with E-state index >= 15 is 0 Å². The van der Waals surface area contributed by atoms with Gasteiger partial charge >= 0.3 is 12.2 Å². The topological polar surface area (TPSA) is 39.1 Å². The Labute approximate surface area is 158 Å². The second-order valence-electron chi connectivity index (χ2n) is 6.52. The van der Waals surface area contributed by atoms with E-state index in [4.69, 9.17) is 4.74 Å². The molecule has 1 aliphatic rings. The molecule has 2 heterocycles. The van der Waals surface area contributed by atoms with Crippen molar-refractivity contribution < 1.29 is 22.3 Å². The van der Waals surface area contributed by atoms with E-state index in [1.165, 1.54) is 30.3 Å². The van der Waals surface area contributed by atoms with Crippen molar-refractivity contribution in [2.24, 2.45) is 0 Å². The number of ether oxygens (including phenoxy) is 1. The van der Waals surface area contributed by atoms with Crippen LogP contribution in [0.25, 0.3) is 0 Å². The number of halogens is 4. The summed E-state index contributed by atoms with van der Waals surface area (Å²) in [6, 6.07) is 11.2. The van der Waals surface area contributed by atoms with E-state index in [1.54, 1.807) is 16.7 Å². The highest BCUT2D eigenvalue weighted by atomic mass is 19.4. The first-order valence-corrected chi connectivity index (χ1v) is 8.79. The number of hydrogen-bond acceptors (Lipinski definition) is 3. The van der Waals surface area contributed by atoms with Crippen LogP contribution in [0.3, 0.4) is 0 Å². The molecule has 0 saturated heterocycles. The molecular weight excluding hydrogens is 374 g/mol. The summed E-state index contributed by atoms with van der Waals surface area (Å²) >= 11 is 0. The largest absolute Gasteiger partial charge is 0.425 e. The third-order valence-corrected chi connectivity index (χ3v) is 4.61. The molecular formula is C20H17F4N3O. The van der Waals surface area contributed by atoms with Gasteiger partial charge in [0.05, 0.1) is 17.8 Å². The Balaban J connectivity index is 1.75. The number of imidazole rings is 1. The SMILES string of the molecule is Fc1cccc(Oc2nc3c(n2Cc2ccccc2C(F)(F)F)CCNC3)c1. The lowest BCUT2D eigenvalue weighted by atomic mass is 10.1. The minimum atomic E-state index is -4.46. The van der Waals surface area contributed by atoms with Crippen LogP contribution in [0.15, 0.2) is 48.5 Å². The lowest BCUT2D eigenvalue weighted by Crippen LogP contribution is -2.25. The van der Waals surface area contributed by atoms with E-state index in [9.17, 15) is 17.6 Å². The number of alkyl halides is 3. The number of fused-ring (bicyclic) bond motifs is 1. The molecule has 2 aromatic carbocycles. The number of benzene rings is 2. The van der Waals surface area contributed by atoms with Gasteiger partial charge in [-0.1, -0.05) is 24.3 Å². The van der Waals surface area contributed by atoms with Gasteiger partial charge < -0.3 is 10.1 Å². The molecule has 0 fully saturated rings. The Morgan fingerprint density at radius 3 is 2.71 bits per heavy atom. The van der Waals surface area contributed by atoms with E-state index in [2.05, 4.69) is 10.3 Å². The molecule has 8 heteroatoms. The molecule has 0 radical (unpaired) electrons. The van der Waals surface area contributed by atoms with E-state index in [1.807, 2.05) is 0 Å². The molecule has 0 saturated carbocycles. The van der Waals surface area contributed by atoms with Gasteiger partial charge in [0.25, 0.3) is 0 Å². The van der Waals surface area contributed by atoms with Gasteiger partial charge in [-0.15, -0.1) is 0 Å². The van der Waals surface area contributed by atoms with Crippen LogP contribution >= 0.6 is 0 Å². The van der Waals surface area contributed by atoms with E-state index in [0.29, 0.717) is 19.5 Å². The van der Waals surface area contributed by atoms with Gasteiger partial charge in [0.2, 0.25) is 0 Å². The third-order valence-electron chi connectivity index (χ3n) is 4.61. The molecule has 3 aromatic rings. The second kappa shape index (κ2) is 7.27. The molecule has 146 valence electrons. The van der Waals surface area contributed by atoms with Gasteiger partial charge in [0.1, 0.15) is 11.6 Å². The fourth-order valence-corrected chi connectivity index (χ4v) is 3.33. The number of nitrogens with zero attached hydrogens (tertiary/aromatic N) is 2. The number of nitrogens with one attached hydrogen (secondary N) is 1. The van der Waals surface area contributed by atoms with Crippen LogP contribution in [-0.2, 0) is 25.7 Å². The fourth-order valence-electron chi connectivity index (χ4n) is 3.33. The first-order chi connectivity index (χ1) is 13.4. The molecule has 4 nitrogen and oxygen atoms in total. The van der Waals surface area contributed by atoms with Crippen LogP contribution in [0.5, 0.6) is 11.8 Å². The number of aromatic nitrogens is 2. The van der Waals surface area contributed by atoms with Crippen LogP contribution in [0.2, 0.25) is 0 Å². The summed E-state index contributed by atoms with van der Waals surface area (Å²) in [5.41, 5.74) is 0.977. The standard InChI is InChI=1S/C20H17F4N3O/c21-14-5-3-6-15(10-14)28-19-26-17-11-25-9-8-18(17)27(19)12-13-4-1-2-7-16(13)20(22,23)24/h1-7,10,25H,8-9,11-12H2. The predicted octanol–water partition coefficient (Wildman–Crippen LogP) is 4.53. The van der Waals surface area contributed by atoms with Crippen molar-refractivity contribution >= 4 is 0 Å². The van der Waals surface area contributed by atoms with Crippen molar-refractivity contribution in [3.8, 4) is 11.8 Å². The summed E-state index contributed by atoms with van der Waals surface area (Å²) in [7, 11) is 0. The lowest BCUT2D eigenvalue weighted by molar-refractivity contribution is -0.138. The van der Waals surface area contributed by atoms with Crippen LogP contribution in [0.4, 0.5) is 17.6 Å². The number of rotatable bonds is 4. The molecule has 0 unspecified atom stereocenters. The first-order valence-electron chi connectivity index (χ1n) is 8.79. The van der Waals surface area contributed by atoms with Gasteiger partial charge in [-0.25, -0.2) is 4.39 Å². The maximum Gasteiger partial charge on any atom is 0.416 e. The Kier molecular flexibility index (Phi) is 4.80. The monoisotopic (exact) mass is 391 g/mol. The Bertz CT molecular complexity index is 997. The van der Waals surface area contributed by atoms with Gasteiger partial charge in [-0.2, -0.15) is 18.2 Å². The zero-order valence-corrected chi connectivity index (χ0v) is 14.8. The molecule has 0 bridgehead atoms. The normalized spacial score (nSPS) is 14.0. The van der Waals surface area contributed by atoms with Crippen molar-refractivity contribution in [2.45, 2.75) is 25.7 Å². The fraction of sp³-hybridized carbons (Fsp3) is 0.250. The summed E-state index contributed by atoms with van der Waals surface area (Å²) in [4.78, 5) is 4.44. The summed E-state index contributed by atoms with van der Waals surface area (Å²) in [6.07, 6.45) is -3.84. The summed E-state index contributed by atoms with van der Waals surface area (Å²) in [5.74, 6) is -0.231. The zero-order chi connectivity index (χ0) is 19.7. The average Bonchev–Trinajstić information content (AvgIpc) is 2.99. The van der Waals surface area contributed by atoms with Crippen LogP contribution < -0.4 is 10.1 Å². The van der Waals surface area contributed by atoms with Crippen molar-refractivity contribution in [1.82, 2.24) is 14.9 Å². The molecule has 0 spiro atoms. The highest BCUT2D eigenvalue weighted by molar-refractivity contribution is 5.34. The van der Waals surface area contributed by atoms with E-state index in [0.717, 1.165) is 17.5 Å². The van der Waals surface area contributed by atoms with Gasteiger partial charge in [-0.3, -0.25) is 4.57 Å². The molecule has 1 N–H and O–H groups in total. The lowest BCUT2D eigenvalue weighted by Gasteiger charge is -2.18. The van der Waals surface area contributed by atoms with Gasteiger partial charge in [-0.05, 0) is 23.8 Å². The number of hydrogen-bond donors (Lipinski definition) is 1. The average molecular weight is 391 g/mol. The maximum atomic E-state index is 13.5. The van der Waals surface area contributed by atoms with Crippen LogP contribution in [0.1, 0.15) is 22.5 Å². The summed E-state index contributed by atoms with van der Waals surface area (Å²) in [6.45, 7) is 1.16. The maximum absolute atomic E-state index is 13.5. The first kappa shape index (κ1) is 18.5. The molecule has 0 amide bonds. The van der Waals surface area contributed by atoms with E-state index < -0.39 is 17.6 Å². The quantitative estimate of drug-likeness (QED) is 0.665. The molecule has 4 rings (SSSR count). The van der Waals surface area contributed by atoms with Crippen LogP contribution in [-0.4, -0.2) is 16.1 Å². The second-order valence-corrected chi connectivity index (χ2v) is 6.52. The van der Waals surface area contributed by atoms with Crippen LogP contribution in [0, 0.1) is 5.82 Å². The Morgan fingerprint density at radius 2 is 1.93 bits per heavy atom. The molecule has 1 aromatic heterocycles. The Hall–Kier alpha value is -2.87. The van der Waals surface area contributed by atoms with Gasteiger partial charge in [0.15, 0.2) is 0 Å². The summed E-state index contributed by atoms with van der Waals surface area (Å²) < 4.78 is 61.1. The van der Waals surface area contributed by atoms with E-state index in [-0.39, 0.29) is 23.9 Å². The molecule has 28 heavy (non-hydrogen) atoms. The van der Waals surface area contributed by atoms with Gasteiger partial charge in [0, 0.05) is 31.3 Å². The Morgan fingerprint density at radius 1 is 1.11 bits per heavy atom. The molecule has 1 aliphatic heterocycles. The highest BCUT2D eigenvalue weighted by Crippen LogP contribution is 2.34. The highest BCUT2D eigenvalue weighted by Gasteiger charge is 2.33. The third kappa shape index (κ3) is 3.73. The summed E-state index contributed by atoms with van der Waals surface area (Å²) in [5, 5.41) is 3.18. The zero-order valence-electron chi connectivity index (χ0n) is 14.8. The van der Waals surface area contributed by atoms with Crippen molar-refractivity contribution in [3.05, 3.63) is 76.9 Å². The van der Waals surface area contributed by atoms with Crippen molar-refractivity contribution in [2.75, 3.05) is 6.54 Å². The molecule has 0 aliphatic carbocycles. The minimum absolute atomic E-state index is 0.0390.